The number of likely N-dealkylation sites (N-methyl/N-ethyl adjacent to an activating group) is 1. The summed E-state index contributed by atoms with van der Waals surface area (Å²) in [6, 6.07) is 9.51. The topological polar surface area (TPSA) is 242 Å². The molecule has 1 aromatic carbocycles. The molecule has 0 aliphatic carbocycles. The number of rotatable bonds is 8. The molecule has 52 heavy (non-hydrogen) atoms. The number of nitriles is 2. The maximum atomic E-state index is 13.2. The van der Waals surface area contributed by atoms with Crippen LogP contribution >= 0.6 is 0 Å². The molecule has 7 heterocycles. The van der Waals surface area contributed by atoms with Gasteiger partial charge in [-0.05, 0) is 55.9 Å². The largest absolute Gasteiger partial charge is 0.340 e. The Morgan fingerprint density at radius 3 is 1.96 bits per heavy atom. The van der Waals surface area contributed by atoms with E-state index in [9.17, 15) is 24.4 Å². The third-order valence-electron chi connectivity index (χ3n) is 11.4. The standard InChI is InChI=1S/C20H23N9O2.C14H21N5O2/c21-9-12-4-3-7-28(12)19(30)15(22)11-27-10-13-8-17(27)20(31)29(13)16-6-2-1-5-14(16)18-23-25-26-24-18;1-17-10-5-12(14(17)21)18(7-10)8-11(16)13(20)19-4-2-3-9(19)6-15/h1-2,5-6,12-13,15,17H,3-4,7-8,10-11,22H2,(H,23,24,25,26);9-12H,2-5,7-8,16H2,1H3/t12-,13?,15-,17-;9-,10?,11-,12-/m00/s1. The van der Waals surface area contributed by atoms with E-state index in [1.165, 1.54) is 0 Å². The fourth-order valence-electron chi connectivity index (χ4n) is 8.78. The second kappa shape index (κ2) is 14.5. The molecule has 6 saturated heterocycles. The third-order valence-corrected chi connectivity index (χ3v) is 11.4. The Morgan fingerprint density at radius 1 is 0.885 bits per heavy atom. The minimum absolute atomic E-state index is 0.00787. The summed E-state index contributed by atoms with van der Waals surface area (Å²) in [5.74, 6) is 0.180. The molecule has 0 radical (unpaired) electrons. The van der Waals surface area contributed by atoms with Crippen molar-refractivity contribution >= 4 is 29.3 Å². The minimum Gasteiger partial charge on any atom is -0.340 e. The number of nitrogens with two attached hydrogens (primary N) is 2. The Labute approximate surface area is 301 Å². The number of hydrogen-bond donors (Lipinski definition) is 3. The fourth-order valence-corrected chi connectivity index (χ4v) is 8.78. The molecule has 8 atom stereocenters. The molecule has 4 amide bonds. The second-order valence-electron chi connectivity index (χ2n) is 14.5. The second-order valence-corrected chi connectivity index (χ2v) is 14.5. The average Bonchev–Trinajstić information content (AvgIpc) is 4.01. The van der Waals surface area contributed by atoms with Crippen LogP contribution in [0.3, 0.4) is 0 Å². The van der Waals surface area contributed by atoms with E-state index < -0.39 is 18.1 Å². The molecule has 2 unspecified atom stereocenters. The lowest BCUT2D eigenvalue weighted by Crippen LogP contribution is -2.56. The zero-order valence-corrected chi connectivity index (χ0v) is 29.1. The van der Waals surface area contributed by atoms with E-state index in [-0.39, 0.29) is 53.8 Å². The zero-order valence-electron chi connectivity index (χ0n) is 29.1. The van der Waals surface area contributed by atoms with E-state index in [1.54, 1.807) is 14.7 Å². The lowest BCUT2D eigenvalue weighted by Gasteiger charge is -2.36. The van der Waals surface area contributed by atoms with Crippen LogP contribution in [0.15, 0.2) is 24.3 Å². The van der Waals surface area contributed by atoms with Gasteiger partial charge >= 0.3 is 0 Å². The Kier molecular flexibility index (Phi) is 9.90. The number of hydrogen-bond acceptors (Lipinski definition) is 13. The smallest absolute Gasteiger partial charge is 0.244 e. The van der Waals surface area contributed by atoms with Gasteiger partial charge < -0.3 is 31.1 Å². The summed E-state index contributed by atoms with van der Waals surface area (Å²) in [5.41, 5.74) is 13.8. The molecule has 274 valence electrons. The van der Waals surface area contributed by atoms with Crippen molar-refractivity contribution in [1.29, 1.82) is 10.5 Å². The lowest BCUT2D eigenvalue weighted by molar-refractivity contribution is -0.138. The zero-order chi connectivity index (χ0) is 36.7. The summed E-state index contributed by atoms with van der Waals surface area (Å²) in [4.78, 5) is 61.2. The highest BCUT2D eigenvalue weighted by molar-refractivity contribution is 6.04. The van der Waals surface area contributed by atoms with Crippen molar-refractivity contribution in [2.75, 3.05) is 51.2 Å². The predicted octanol–water partition coefficient (Wildman–Crippen LogP) is -1.76. The summed E-state index contributed by atoms with van der Waals surface area (Å²) >= 11 is 0. The van der Waals surface area contributed by atoms with Crippen molar-refractivity contribution in [2.24, 2.45) is 11.5 Å². The van der Waals surface area contributed by atoms with Crippen molar-refractivity contribution in [1.82, 2.24) is 45.1 Å². The normalized spacial score (nSPS) is 29.3. The number of likely N-dealkylation sites (tertiary alicyclic amines) is 5. The predicted molar refractivity (Wildman–Crippen MR) is 184 cm³/mol. The van der Waals surface area contributed by atoms with Crippen LogP contribution in [0.4, 0.5) is 5.69 Å². The van der Waals surface area contributed by atoms with Gasteiger partial charge in [-0.3, -0.25) is 29.0 Å². The first kappa shape index (κ1) is 35.4. The number of carbonyl (C=O) groups excluding carboxylic acids is 4. The Balaban J connectivity index is 0.000000175. The van der Waals surface area contributed by atoms with Crippen LogP contribution in [-0.2, 0) is 19.2 Å². The van der Waals surface area contributed by atoms with Gasteiger partial charge in [0.1, 0.15) is 12.1 Å². The molecule has 8 rings (SSSR count). The molecular weight excluding hydrogens is 668 g/mol. The molecule has 6 fully saturated rings. The molecular formula is C34H44N14O4. The molecule has 6 aliphatic heterocycles. The number of fused-ring (bicyclic) bond motifs is 4. The first-order valence-electron chi connectivity index (χ1n) is 17.9. The summed E-state index contributed by atoms with van der Waals surface area (Å²) in [6.07, 6.45) is 4.61. The molecule has 18 heteroatoms. The van der Waals surface area contributed by atoms with Gasteiger partial charge in [0.25, 0.3) is 0 Å². The number of aromatic amines is 1. The summed E-state index contributed by atoms with van der Waals surface area (Å²) in [5, 5.41) is 32.5. The van der Waals surface area contributed by atoms with E-state index in [2.05, 4.69) is 32.8 Å². The number of H-pyrrole nitrogens is 1. The Hall–Kier alpha value is -5.01. The highest BCUT2D eigenvalue weighted by Crippen LogP contribution is 2.39. The number of amides is 4. The van der Waals surface area contributed by atoms with Crippen LogP contribution in [0.5, 0.6) is 0 Å². The van der Waals surface area contributed by atoms with Crippen LogP contribution in [-0.4, -0.2) is 163 Å². The van der Waals surface area contributed by atoms with E-state index >= 15 is 0 Å². The van der Waals surface area contributed by atoms with Crippen LogP contribution in [0.2, 0.25) is 0 Å². The monoisotopic (exact) mass is 712 g/mol. The van der Waals surface area contributed by atoms with Crippen LogP contribution in [0, 0.1) is 22.7 Å². The van der Waals surface area contributed by atoms with Gasteiger partial charge in [-0.15, -0.1) is 10.2 Å². The lowest BCUT2D eigenvalue weighted by atomic mass is 10.1. The average molecular weight is 713 g/mol. The minimum atomic E-state index is -0.749. The molecule has 6 aliphatic rings. The Morgan fingerprint density at radius 2 is 1.44 bits per heavy atom. The van der Waals surface area contributed by atoms with Gasteiger partial charge in [0.15, 0.2) is 0 Å². The molecule has 5 N–H and O–H groups in total. The van der Waals surface area contributed by atoms with Crippen molar-refractivity contribution in [2.45, 2.75) is 86.9 Å². The SMILES string of the molecule is CN1C(=O)[C@@H]2CC1CN2C[C@H](N)C(=O)N1CCC[C@H]1C#N.N#C[C@@H]1CCCN1C(=O)[C@@H](N)CN1CC2C[C@H]1C(=O)N2c1ccccc1-c1nn[nH]n1. The molecule has 1 aromatic heterocycles. The molecule has 4 bridgehead atoms. The van der Waals surface area contributed by atoms with E-state index in [1.807, 2.05) is 46.0 Å². The Bertz CT molecular complexity index is 1780. The fraction of sp³-hybridized carbons (Fsp3) is 0.618. The number of tetrazole rings is 1. The highest BCUT2D eigenvalue weighted by Gasteiger charge is 2.52. The number of aromatic nitrogens is 4. The van der Waals surface area contributed by atoms with Crippen molar-refractivity contribution in [3.05, 3.63) is 24.3 Å². The quantitative estimate of drug-likeness (QED) is 0.275. The van der Waals surface area contributed by atoms with Gasteiger partial charge in [0.05, 0.1) is 48.0 Å². The third kappa shape index (κ3) is 6.36. The van der Waals surface area contributed by atoms with E-state index in [0.29, 0.717) is 51.4 Å². The van der Waals surface area contributed by atoms with Gasteiger partial charge in [-0.1, -0.05) is 12.1 Å². The summed E-state index contributed by atoms with van der Waals surface area (Å²) < 4.78 is 0. The molecule has 2 aromatic rings. The number of para-hydroxylation sites is 1. The van der Waals surface area contributed by atoms with Gasteiger partial charge in [0, 0.05) is 57.9 Å². The number of nitrogens with zero attached hydrogens (tertiary/aromatic N) is 11. The van der Waals surface area contributed by atoms with Crippen molar-refractivity contribution < 1.29 is 19.2 Å². The number of carbonyl (C=O) groups is 4. The van der Waals surface area contributed by atoms with Gasteiger partial charge in [-0.25, -0.2) is 0 Å². The summed E-state index contributed by atoms with van der Waals surface area (Å²) in [7, 11) is 1.83. The van der Waals surface area contributed by atoms with E-state index in [0.717, 1.165) is 43.5 Å². The van der Waals surface area contributed by atoms with Crippen molar-refractivity contribution in [3.63, 3.8) is 0 Å². The maximum Gasteiger partial charge on any atom is 0.244 e. The number of piperazine rings is 2. The maximum absolute atomic E-state index is 13.2. The molecule has 0 saturated carbocycles. The first-order valence-corrected chi connectivity index (χ1v) is 17.9. The van der Waals surface area contributed by atoms with Crippen LogP contribution < -0.4 is 16.4 Å². The number of nitrogens with one attached hydrogen (secondary N) is 1. The van der Waals surface area contributed by atoms with Gasteiger partial charge in [0.2, 0.25) is 29.5 Å². The van der Waals surface area contributed by atoms with Crippen LogP contribution in [0.1, 0.15) is 38.5 Å². The molecule has 0 spiro atoms. The van der Waals surface area contributed by atoms with Crippen LogP contribution in [0.25, 0.3) is 11.4 Å². The highest BCUT2D eigenvalue weighted by atomic mass is 16.2. The first-order chi connectivity index (χ1) is 25.1. The summed E-state index contributed by atoms with van der Waals surface area (Å²) in [6.45, 7) is 3.30. The number of benzene rings is 1. The van der Waals surface area contributed by atoms with Gasteiger partial charge in [-0.2, -0.15) is 15.7 Å². The van der Waals surface area contributed by atoms with E-state index in [4.69, 9.17) is 16.7 Å². The van der Waals surface area contributed by atoms with Crippen molar-refractivity contribution in [3.8, 4) is 23.5 Å². The number of anilines is 1. The molecule has 18 nitrogen and oxygen atoms in total.